The van der Waals surface area contributed by atoms with Crippen LogP contribution < -0.4 is 9.80 Å². The van der Waals surface area contributed by atoms with Crippen molar-refractivity contribution in [3.05, 3.63) is 72.4 Å². The number of hydrogen-bond acceptors (Lipinski definition) is 8. The summed E-state index contributed by atoms with van der Waals surface area (Å²) in [7, 11) is 0. The molecular weight excluding hydrogens is 470 g/mol. The summed E-state index contributed by atoms with van der Waals surface area (Å²) in [5.41, 5.74) is 3.74. The second kappa shape index (κ2) is 11.4. The molecule has 37 heavy (non-hydrogen) atoms. The van der Waals surface area contributed by atoms with Gasteiger partial charge < -0.3 is 24.2 Å². The van der Waals surface area contributed by atoms with Crippen LogP contribution in [0, 0.1) is 0 Å². The number of piperazine rings is 1. The molecule has 2 aliphatic heterocycles. The Morgan fingerprint density at radius 2 is 1.57 bits per heavy atom. The maximum Gasteiger partial charge on any atom is 0.303 e. The van der Waals surface area contributed by atoms with Crippen molar-refractivity contribution in [1.29, 1.82) is 0 Å². The number of aromatic nitrogens is 2. The van der Waals surface area contributed by atoms with Crippen LogP contribution >= 0.6 is 0 Å². The van der Waals surface area contributed by atoms with Gasteiger partial charge in [0.05, 0.1) is 18.9 Å². The molecule has 1 atom stereocenters. The molecular formula is C28H31N5O4. The smallest absolute Gasteiger partial charge is 0.303 e. The van der Waals surface area contributed by atoms with E-state index in [1.807, 2.05) is 24.3 Å². The van der Waals surface area contributed by atoms with Crippen molar-refractivity contribution in [2.75, 3.05) is 62.3 Å². The predicted octanol–water partition coefficient (Wildman–Crippen LogP) is 2.93. The minimum absolute atomic E-state index is 0.212. The fourth-order valence-corrected chi connectivity index (χ4v) is 4.67. The van der Waals surface area contributed by atoms with Crippen LogP contribution in [0.3, 0.4) is 0 Å². The van der Waals surface area contributed by atoms with Crippen molar-refractivity contribution in [1.82, 2.24) is 14.9 Å². The Bertz CT molecular complexity index is 1210. The van der Waals surface area contributed by atoms with Gasteiger partial charge in [-0.1, -0.05) is 42.5 Å². The number of ether oxygens (including phenoxy) is 2. The quantitative estimate of drug-likeness (QED) is 0.477. The van der Waals surface area contributed by atoms with Crippen LogP contribution in [0.5, 0.6) is 0 Å². The molecule has 192 valence electrons. The molecule has 0 bridgehead atoms. The number of morpholine rings is 1. The molecule has 0 radical (unpaired) electrons. The molecule has 1 unspecified atom stereocenters. The Morgan fingerprint density at radius 1 is 0.865 bits per heavy atom. The lowest BCUT2D eigenvalue weighted by atomic mass is 10.1. The van der Waals surface area contributed by atoms with E-state index in [9.17, 15) is 9.59 Å². The molecule has 0 spiro atoms. The molecule has 3 aromatic rings. The number of rotatable bonds is 6. The van der Waals surface area contributed by atoms with Crippen LogP contribution in [0.1, 0.15) is 18.6 Å². The largest absolute Gasteiger partial charge is 0.447 e. The number of anilines is 2. The van der Waals surface area contributed by atoms with Gasteiger partial charge in [-0.05, 0) is 18.2 Å². The van der Waals surface area contributed by atoms with Crippen LogP contribution in [0.15, 0.2) is 66.9 Å². The molecule has 1 aromatic heterocycles. The number of amides is 1. The molecule has 3 heterocycles. The van der Waals surface area contributed by atoms with E-state index < -0.39 is 12.1 Å². The minimum atomic E-state index is -0.940. The molecule has 2 saturated heterocycles. The second-order valence-corrected chi connectivity index (χ2v) is 9.10. The lowest BCUT2D eigenvalue weighted by Gasteiger charge is -2.36. The second-order valence-electron chi connectivity index (χ2n) is 9.10. The number of hydrogen-bond donors (Lipinski definition) is 0. The highest BCUT2D eigenvalue weighted by Crippen LogP contribution is 2.25. The molecule has 2 aromatic carbocycles. The molecule has 0 aliphatic carbocycles. The first-order valence-electron chi connectivity index (χ1n) is 12.6. The van der Waals surface area contributed by atoms with E-state index in [1.54, 1.807) is 23.2 Å². The zero-order valence-electron chi connectivity index (χ0n) is 21.0. The number of esters is 1. The Morgan fingerprint density at radius 3 is 2.24 bits per heavy atom. The first kappa shape index (κ1) is 24.7. The summed E-state index contributed by atoms with van der Waals surface area (Å²) in [4.78, 5) is 40.4. The van der Waals surface area contributed by atoms with Gasteiger partial charge >= 0.3 is 5.97 Å². The Hall–Kier alpha value is -3.98. The number of carbonyl (C=O) groups is 2. The van der Waals surface area contributed by atoms with Crippen LogP contribution in [0.25, 0.3) is 11.3 Å². The summed E-state index contributed by atoms with van der Waals surface area (Å²) in [6, 6.07) is 19.5. The van der Waals surface area contributed by atoms with E-state index in [0.29, 0.717) is 37.7 Å². The first-order chi connectivity index (χ1) is 18.1. The van der Waals surface area contributed by atoms with Crippen LogP contribution in [0.4, 0.5) is 11.6 Å². The third kappa shape index (κ3) is 5.89. The van der Waals surface area contributed by atoms with Crippen molar-refractivity contribution in [2.24, 2.45) is 0 Å². The fraction of sp³-hybridized carbons (Fsp3) is 0.357. The highest BCUT2D eigenvalue weighted by molar-refractivity contribution is 5.85. The molecule has 2 fully saturated rings. The summed E-state index contributed by atoms with van der Waals surface area (Å²) in [6.45, 7) is 6.80. The van der Waals surface area contributed by atoms with E-state index in [1.165, 1.54) is 12.6 Å². The van der Waals surface area contributed by atoms with Gasteiger partial charge in [0, 0.05) is 69.2 Å². The predicted molar refractivity (Wildman–Crippen MR) is 140 cm³/mol. The summed E-state index contributed by atoms with van der Waals surface area (Å²) >= 11 is 0. The average Bonchev–Trinajstić information content (AvgIpc) is 2.97. The number of nitrogens with zero attached hydrogens (tertiary/aromatic N) is 5. The fourth-order valence-electron chi connectivity index (χ4n) is 4.67. The van der Waals surface area contributed by atoms with E-state index in [0.717, 1.165) is 37.6 Å². The van der Waals surface area contributed by atoms with E-state index in [-0.39, 0.29) is 5.91 Å². The molecule has 0 saturated carbocycles. The van der Waals surface area contributed by atoms with Gasteiger partial charge in [-0.15, -0.1) is 0 Å². The first-order valence-corrected chi connectivity index (χ1v) is 12.6. The topological polar surface area (TPSA) is 88.1 Å². The highest BCUT2D eigenvalue weighted by Gasteiger charge is 2.31. The normalized spacial score (nSPS) is 16.8. The van der Waals surface area contributed by atoms with Crippen molar-refractivity contribution in [3.8, 4) is 11.3 Å². The lowest BCUT2D eigenvalue weighted by Crippen LogP contribution is -2.50. The van der Waals surface area contributed by atoms with Gasteiger partial charge in [-0.2, -0.15) is 0 Å². The van der Waals surface area contributed by atoms with Gasteiger partial charge in [0.25, 0.3) is 5.91 Å². The van der Waals surface area contributed by atoms with Crippen LogP contribution in [0.2, 0.25) is 0 Å². The Labute approximate surface area is 216 Å². The zero-order chi connectivity index (χ0) is 25.6. The minimum Gasteiger partial charge on any atom is -0.447 e. The Balaban J connectivity index is 1.23. The number of carbonyl (C=O) groups excluding carboxylic acids is 2. The van der Waals surface area contributed by atoms with Gasteiger partial charge in [0.15, 0.2) is 0 Å². The summed E-state index contributed by atoms with van der Waals surface area (Å²) in [5, 5.41) is 0. The SMILES string of the molecule is CC(=O)OC(C(=O)N1CCN(c2nccc(-c3ccc(N4CCOCC4)cc3)n2)CC1)c1ccccc1. The van der Waals surface area contributed by atoms with Gasteiger partial charge in [0.2, 0.25) is 12.1 Å². The third-order valence-electron chi connectivity index (χ3n) is 6.67. The van der Waals surface area contributed by atoms with Crippen LogP contribution in [-0.2, 0) is 19.1 Å². The standard InChI is InChI=1S/C28H31N5O4/c1-21(34)37-26(23-5-3-2-4-6-23)27(35)32-13-15-33(16-14-32)28-29-12-11-25(30-28)22-7-9-24(10-8-22)31-17-19-36-20-18-31/h2-12,26H,13-20H2,1H3. The number of benzene rings is 2. The molecule has 0 N–H and O–H groups in total. The summed E-state index contributed by atoms with van der Waals surface area (Å²) in [5.74, 6) is -0.0541. The molecule has 2 aliphatic rings. The highest BCUT2D eigenvalue weighted by atomic mass is 16.5. The van der Waals surface area contributed by atoms with Gasteiger partial charge in [0.1, 0.15) is 0 Å². The summed E-state index contributed by atoms with van der Waals surface area (Å²) < 4.78 is 10.8. The summed E-state index contributed by atoms with van der Waals surface area (Å²) in [6.07, 6.45) is 0.835. The Kier molecular flexibility index (Phi) is 7.60. The van der Waals surface area contributed by atoms with Gasteiger partial charge in [-0.25, -0.2) is 9.97 Å². The van der Waals surface area contributed by atoms with Crippen molar-refractivity contribution >= 4 is 23.5 Å². The van der Waals surface area contributed by atoms with Crippen molar-refractivity contribution in [2.45, 2.75) is 13.0 Å². The van der Waals surface area contributed by atoms with E-state index >= 15 is 0 Å². The molecule has 5 rings (SSSR count). The lowest BCUT2D eigenvalue weighted by molar-refractivity contribution is -0.159. The van der Waals surface area contributed by atoms with Gasteiger partial charge in [-0.3, -0.25) is 9.59 Å². The maximum absolute atomic E-state index is 13.2. The van der Waals surface area contributed by atoms with E-state index in [4.69, 9.17) is 14.5 Å². The monoisotopic (exact) mass is 501 g/mol. The maximum atomic E-state index is 13.2. The van der Waals surface area contributed by atoms with E-state index in [2.05, 4.69) is 39.0 Å². The average molecular weight is 502 g/mol. The molecule has 9 heteroatoms. The zero-order valence-corrected chi connectivity index (χ0v) is 21.0. The molecule has 1 amide bonds. The van der Waals surface area contributed by atoms with Crippen molar-refractivity contribution in [3.63, 3.8) is 0 Å². The van der Waals surface area contributed by atoms with Crippen LogP contribution in [-0.4, -0.2) is 79.2 Å². The van der Waals surface area contributed by atoms with Crippen molar-refractivity contribution < 1.29 is 19.1 Å². The third-order valence-corrected chi connectivity index (χ3v) is 6.67. The molecule has 9 nitrogen and oxygen atoms in total.